The van der Waals surface area contributed by atoms with E-state index in [1.54, 1.807) is 17.5 Å². The monoisotopic (exact) mass is 301 g/mol. The van der Waals surface area contributed by atoms with Crippen LogP contribution >= 0.6 is 11.3 Å². The third-order valence-electron chi connectivity index (χ3n) is 3.65. The Morgan fingerprint density at radius 1 is 1.48 bits per heavy atom. The average molecular weight is 301 g/mol. The molecule has 2 aromatic rings. The smallest absolute Gasteiger partial charge is 0.220 e. The number of hydrogen-bond donors (Lipinski definition) is 1. The molecule has 0 bridgehead atoms. The van der Waals surface area contributed by atoms with Gasteiger partial charge in [-0.3, -0.25) is 9.78 Å². The van der Waals surface area contributed by atoms with Crippen molar-refractivity contribution < 1.29 is 4.79 Å². The number of thiazole rings is 1. The second-order valence-corrected chi connectivity index (χ2v) is 6.42. The molecule has 1 amide bonds. The molecule has 2 aromatic heterocycles. The van der Waals surface area contributed by atoms with Gasteiger partial charge in [-0.25, -0.2) is 4.98 Å². The molecule has 21 heavy (non-hydrogen) atoms. The number of carbonyl (C=O) groups is 1. The summed E-state index contributed by atoms with van der Waals surface area (Å²) >= 11 is 1.64. The molecule has 0 spiro atoms. The van der Waals surface area contributed by atoms with Crippen LogP contribution in [0.2, 0.25) is 0 Å². The summed E-state index contributed by atoms with van der Waals surface area (Å²) in [5.74, 6) is 0.653. The maximum atomic E-state index is 12.2. The van der Waals surface area contributed by atoms with Crippen LogP contribution < -0.4 is 5.32 Å². The molecule has 1 aliphatic rings. The zero-order valence-corrected chi connectivity index (χ0v) is 12.9. The van der Waals surface area contributed by atoms with Crippen LogP contribution in [0.5, 0.6) is 0 Å². The van der Waals surface area contributed by atoms with Crippen LogP contribution in [0, 0.1) is 12.8 Å². The summed E-state index contributed by atoms with van der Waals surface area (Å²) in [7, 11) is 0. The summed E-state index contributed by atoms with van der Waals surface area (Å²) in [6.07, 6.45) is 5.29. The number of amides is 1. The highest BCUT2D eigenvalue weighted by molar-refractivity contribution is 7.09. The molecule has 110 valence electrons. The number of pyridine rings is 1. The quantitative estimate of drug-likeness (QED) is 0.892. The summed E-state index contributed by atoms with van der Waals surface area (Å²) in [4.78, 5) is 21.0. The Bertz CT molecular complexity index is 607. The molecule has 0 unspecified atom stereocenters. The highest BCUT2D eigenvalue weighted by Crippen LogP contribution is 2.41. The van der Waals surface area contributed by atoms with E-state index in [0.29, 0.717) is 18.8 Å². The van der Waals surface area contributed by atoms with Gasteiger partial charge in [0.1, 0.15) is 5.01 Å². The van der Waals surface area contributed by atoms with Gasteiger partial charge in [-0.05, 0) is 44.2 Å². The largest absolute Gasteiger partial charge is 0.347 e. The summed E-state index contributed by atoms with van der Waals surface area (Å²) in [5, 5.41) is 6.25. The Labute approximate surface area is 128 Å². The van der Waals surface area contributed by atoms with E-state index in [1.807, 2.05) is 30.5 Å². The topological polar surface area (TPSA) is 54.9 Å². The van der Waals surface area contributed by atoms with Gasteiger partial charge in [0.05, 0.1) is 6.04 Å². The minimum Gasteiger partial charge on any atom is -0.347 e. The van der Waals surface area contributed by atoms with Gasteiger partial charge in [0.2, 0.25) is 5.91 Å². The number of nitrogens with zero attached hydrogens (tertiary/aromatic N) is 2. The lowest BCUT2D eigenvalue weighted by atomic mass is 10.1. The maximum Gasteiger partial charge on any atom is 0.220 e. The maximum absolute atomic E-state index is 12.2. The van der Waals surface area contributed by atoms with Gasteiger partial charge < -0.3 is 5.32 Å². The minimum absolute atomic E-state index is 0.0883. The molecule has 0 saturated heterocycles. The second kappa shape index (κ2) is 6.35. The van der Waals surface area contributed by atoms with Crippen molar-refractivity contribution in [2.75, 3.05) is 0 Å². The molecular formula is C16H19N3OS. The summed E-state index contributed by atoms with van der Waals surface area (Å²) in [6, 6.07) is 5.89. The Morgan fingerprint density at radius 3 is 2.95 bits per heavy atom. The van der Waals surface area contributed by atoms with Crippen molar-refractivity contribution in [2.24, 2.45) is 5.92 Å². The van der Waals surface area contributed by atoms with Crippen LogP contribution in [0.3, 0.4) is 0 Å². The second-order valence-electron chi connectivity index (χ2n) is 5.53. The highest BCUT2D eigenvalue weighted by Gasteiger charge is 2.35. The van der Waals surface area contributed by atoms with Crippen molar-refractivity contribution in [1.82, 2.24) is 15.3 Å². The average Bonchev–Trinajstić information content (AvgIpc) is 3.25. The van der Waals surface area contributed by atoms with E-state index < -0.39 is 0 Å². The molecule has 0 radical (unpaired) electrons. The van der Waals surface area contributed by atoms with Crippen molar-refractivity contribution in [3.8, 4) is 0 Å². The first kappa shape index (κ1) is 14.2. The van der Waals surface area contributed by atoms with Gasteiger partial charge in [0, 0.05) is 29.4 Å². The Kier molecular flexibility index (Phi) is 4.29. The molecular weight excluding hydrogens is 282 g/mol. The lowest BCUT2D eigenvalue weighted by Gasteiger charge is -2.15. The van der Waals surface area contributed by atoms with Gasteiger partial charge >= 0.3 is 0 Å². The molecule has 4 nitrogen and oxygen atoms in total. The molecule has 1 N–H and O–H groups in total. The molecule has 1 aliphatic carbocycles. The number of aryl methyl sites for hydroxylation is 2. The Balaban J connectivity index is 1.57. The molecule has 3 rings (SSSR count). The number of nitrogens with one attached hydrogen (secondary N) is 1. The number of aromatic nitrogens is 2. The third-order valence-corrected chi connectivity index (χ3v) is 4.69. The fourth-order valence-electron chi connectivity index (χ4n) is 2.36. The molecule has 0 aliphatic heterocycles. The fourth-order valence-corrected chi connectivity index (χ4v) is 3.30. The van der Waals surface area contributed by atoms with E-state index in [-0.39, 0.29) is 11.9 Å². The van der Waals surface area contributed by atoms with Crippen LogP contribution in [0.4, 0.5) is 0 Å². The Morgan fingerprint density at radius 2 is 2.33 bits per heavy atom. The third kappa shape index (κ3) is 3.88. The predicted octanol–water partition coefficient (Wildman–Crippen LogP) is 3.05. The summed E-state index contributed by atoms with van der Waals surface area (Å²) < 4.78 is 0. The van der Waals surface area contributed by atoms with Crippen LogP contribution in [-0.4, -0.2) is 15.9 Å². The van der Waals surface area contributed by atoms with Crippen molar-refractivity contribution in [3.05, 3.63) is 46.2 Å². The van der Waals surface area contributed by atoms with Gasteiger partial charge in [-0.2, -0.15) is 0 Å². The number of rotatable bonds is 6. The van der Waals surface area contributed by atoms with Crippen molar-refractivity contribution in [1.29, 1.82) is 0 Å². The lowest BCUT2D eigenvalue weighted by molar-refractivity contribution is -0.122. The molecule has 1 fully saturated rings. The predicted molar refractivity (Wildman–Crippen MR) is 83.0 cm³/mol. The molecule has 1 atom stereocenters. The summed E-state index contributed by atoms with van der Waals surface area (Å²) in [6.45, 7) is 1.99. The normalized spacial score (nSPS) is 15.7. The number of carbonyl (C=O) groups excluding carboxylic acids is 1. The first-order valence-electron chi connectivity index (χ1n) is 7.33. The van der Waals surface area contributed by atoms with Crippen molar-refractivity contribution in [3.63, 3.8) is 0 Å². The van der Waals surface area contributed by atoms with Gasteiger partial charge in [0.15, 0.2) is 0 Å². The van der Waals surface area contributed by atoms with Crippen LogP contribution in [0.1, 0.15) is 41.7 Å². The highest BCUT2D eigenvalue weighted by atomic mass is 32.1. The minimum atomic E-state index is 0.0883. The fraction of sp³-hybridized carbons (Fsp3) is 0.438. The lowest BCUT2D eigenvalue weighted by Crippen LogP contribution is -2.30. The van der Waals surface area contributed by atoms with Crippen LogP contribution in [0.15, 0.2) is 29.8 Å². The summed E-state index contributed by atoms with van der Waals surface area (Å²) in [5.41, 5.74) is 1.99. The zero-order valence-electron chi connectivity index (χ0n) is 12.1. The van der Waals surface area contributed by atoms with Gasteiger partial charge in [-0.15, -0.1) is 11.3 Å². The van der Waals surface area contributed by atoms with E-state index in [0.717, 1.165) is 16.4 Å². The van der Waals surface area contributed by atoms with Gasteiger partial charge in [-0.1, -0.05) is 6.07 Å². The van der Waals surface area contributed by atoms with Crippen LogP contribution in [-0.2, 0) is 11.2 Å². The molecule has 0 aromatic carbocycles. The molecule has 5 heteroatoms. The van der Waals surface area contributed by atoms with Crippen LogP contribution in [0.25, 0.3) is 0 Å². The Hall–Kier alpha value is -1.75. The SMILES string of the molecule is Cc1csc([C@H](NC(=O)CCc2ccccn2)C2CC2)n1. The van der Waals surface area contributed by atoms with Gasteiger partial charge in [0.25, 0.3) is 0 Å². The van der Waals surface area contributed by atoms with E-state index in [2.05, 4.69) is 15.3 Å². The molecule has 2 heterocycles. The van der Waals surface area contributed by atoms with E-state index >= 15 is 0 Å². The first-order valence-corrected chi connectivity index (χ1v) is 8.21. The zero-order chi connectivity index (χ0) is 14.7. The van der Waals surface area contributed by atoms with E-state index in [1.165, 1.54) is 12.8 Å². The van der Waals surface area contributed by atoms with Crippen molar-refractivity contribution in [2.45, 2.75) is 38.6 Å². The van der Waals surface area contributed by atoms with E-state index in [9.17, 15) is 4.79 Å². The molecule has 1 saturated carbocycles. The van der Waals surface area contributed by atoms with Crippen molar-refractivity contribution >= 4 is 17.2 Å². The standard InChI is InChI=1S/C16H19N3OS/c1-11-10-21-16(18-11)15(12-5-6-12)19-14(20)8-7-13-4-2-3-9-17-13/h2-4,9-10,12,15H,5-8H2,1H3,(H,19,20)/t15-/m1/s1. The first-order chi connectivity index (χ1) is 10.2. The number of hydrogen-bond acceptors (Lipinski definition) is 4. The van der Waals surface area contributed by atoms with E-state index in [4.69, 9.17) is 0 Å².